The van der Waals surface area contributed by atoms with Crippen LogP contribution in [0.4, 0.5) is 0 Å². The molecule has 30 heavy (non-hydrogen) atoms. The van der Waals surface area contributed by atoms with Crippen LogP contribution in [0.15, 0.2) is 42.6 Å². The highest BCUT2D eigenvalue weighted by molar-refractivity contribution is 6.31. The summed E-state index contributed by atoms with van der Waals surface area (Å²) in [6.07, 6.45) is 2.24. The Hall–Kier alpha value is -2.70. The van der Waals surface area contributed by atoms with Gasteiger partial charge in [0.25, 0.3) is 5.91 Å². The number of nitrogens with zero attached hydrogens (tertiary/aromatic N) is 4. The van der Waals surface area contributed by atoms with Gasteiger partial charge in [-0.2, -0.15) is 5.10 Å². The van der Waals surface area contributed by atoms with Crippen molar-refractivity contribution in [2.75, 3.05) is 19.7 Å². The molecule has 1 saturated heterocycles. The first-order chi connectivity index (χ1) is 14.4. The van der Waals surface area contributed by atoms with Gasteiger partial charge < -0.3 is 9.64 Å². The Balaban J connectivity index is 1.55. The van der Waals surface area contributed by atoms with Crippen molar-refractivity contribution in [3.8, 4) is 0 Å². The summed E-state index contributed by atoms with van der Waals surface area (Å²) in [5, 5.41) is 5.04. The van der Waals surface area contributed by atoms with Crippen LogP contribution >= 0.6 is 11.6 Å². The second-order valence-corrected chi connectivity index (χ2v) is 8.13. The largest absolute Gasteiger partial charge is 0.368 e. The molecule has 3 heterocycles. The molecule has 2 aromatic heterocycles. The summed E-state index contributed by atoms with van der Waals surface area (Å²) in [6, 6.07) is 12.0. The Morgan fingerprint density at radius 2 is 2.07 bits per heavy atom. The molecule has 1 unspecified atom stereocenters. The van der Waals surface area contributed by atoms with Crippen molar-refractivity contribution in [2.24, 2.45) is 7.05 Å². The van der Waals surface area contributed by atoms with E-state index in [0.717, 1.165) is 39.7 Å². The number of amides is 1. The highest BCUT2D eigenvalue weighted by atomic mass is 35.5. The van der Waals surface area contributed by atoms with Crippen molar-refractivity contribution in [1.82, 2.24) is 19.7 Å². The molecule has 156 valence electrons. The van der Waals surface area contributed by atoms with Gasteiger partial charge in [0.1, 0.15) is 6.10 Å². The molecule has 1 atom stereocenters. The van der Waals surface area contributed by atoms with Crippen molar-refractivity contribution in [3.05, 3.63) is 81.4 Å². The lowest BCUT2D eigenvalue weighted by molar-refractivity contribution is -0.0248. The molecule has 0 N–H and O–H groups in total. The predicted octanol–water partition coefficient (Wildman–Crippen LogP) is 3.89. The third-order valence-corrected chi connectivity index (χ3v) is 5.68. The van der Waals surface area contributed by atoms with Crippen LogP contribution in [0, 0.1) is 13.8 Å². The lowest BCUT2D eigenvalue weighted by Crippen LogP contribution is -2.42. The zero-order valence-corrected chi connectivity index (χ0v) is 18.2. The van der Waals surface area contributed by atoms with Crippen LogP contribution in [-0.2, 0) is 18.2 Å². The number of morpholine rings is 1. The number of carbonyl (C=O) groups is 1. The summed E-state index contributed by atoms with van der Waals surface area (Å²) in [5.74, 6) is -0.0159. The molecule has 1 aromatic carbocycles. The third-order valence-electron chi connectivity index (χ3n) is 5.31. The molecule has 1 fully saturated rings. The van der Waals surface area contributed by atoms with Gasteiger partial charge in [0.2, 0.25) is 0 Å². The molecule has 0 saturated carbocycles. The summed E-state index contributed by atoms with van der Waals surface area (Å²) >= 11 is 6.34. The van der Waals surface area contributed by atoms with Crippen LogP contribution in [0.1, 0.15) is 44.7 Å². The first-order valence-corrected chi connectivity index (χ1v) is 10.4. The van der Waals surface area contributed by atoms with Gasteiger partial charge in [0.15, 0.2) is 0 Å². The average Bonchev–Trinajstić information content (AvgIpc) is 3.07. The summed E-state index contributed by atoms with van der Waals surface area (Å²) in [6.45, 7) is 5.33. The molecule has 3 aromatic rings. The number of ether oxygens (including phenoxy) is 1. The highest BCUT2D eigenvalue weighted by Crippen LogP contribution is 2.26. The van der Waals surface area contributed by atoms with Gasteiger partial charge in [-0.15, -0.1) is 0 Å². The zero-order valence-electron chi connectivity index (χ0n) is 17.4. The minimum Gasteiger partial charge on any atom is -0.368 e. The standard InChI is InChI=1S/C23H25ClN4O2/c1-15-10-17(11-18-6-4-5-7-20(18)24)12-21(25-15)22-14-28(8-9-30-22)23(29)19-13-27(3)26-16(19)2/h4-7,10,12-13,22H,8-9,11,14H2,1-3H3. The molecule has 0 aliphatic carbocycles. The lowest BCUT2D eigenvalue weighted by atomic mass is 10.0. The van der Waals surface area contributed by atoms with E-state index in [-0.39, 0.29) is 12.0 Å². The smallest absolute Gasteiger partial charge is 0.257 e. The zero-order chi connectivity index (χ0) is 21.3. The first-order valence-electron chi connectivity index (χ1n) is 10.0. The van der Waals surface area contributed by atoms with Gasteiger partial charge in [-0.05, 0) is 49.6 Å². The Morgan fingerprint density at radius 3 is 2.80 bits per heavy atom. The topological polar surface area (TPSA) is 60.2 Å². The van der Waals surface area contributed by atoms with E-state index in [1.165, 1.54) is 0 Å². The number of carbonyl (C=O) groups excluding carboxylic acids is 1. The minimum atomic E-state index is -0.260. The molecule has 0 radical (unpaired) electrons. The van der Waals surface area contributed by atoms with Gasteiger partial charge in [-0.3, -0.25) is 14.5 Å². The molecule has 6 nitrogen and oxygen atoms in total. The molecule has 4 rings (SSSR count). The van der Waals surface area contributed by atoms with E-state index in [2.05, 4.69) is 17.2 Å². The van der Waals surface area contributed by atoms with E-state index in [1.54, 1.807) is 10.9 Å². The summed E-state index contributed by atoms with van der Waals surface area (Å²) in [4.78, 5) is 19.5. The third kappa shape index (κ3) is 4.40. The molecule has 1 aliphatic rings. The highest BCUT2D eigenvalue weighted by Gasteiger charge is 2.29. The Morgan fingerprint density at radius 1 is 1.27 bits per heavy atom. The molecular weight excluding hydrogens is 400 g/mol. The fourth-order valence-corrected chi connectivity index (χ4v) is 4.09. The fourth-order valence-electron chi connectivity index (χ4n) is 3.89. The number of halogens is 1. The second kappa shape index (κ2) is 8.58. The van der Waals surface area contributed by atoms with Crippen LogP contribution < -0.4 is 0 Å². The van der Waals surface area contributed by atoms with Gasteiger partial charge in [-0.1, -0.05) is 29.8 Å². The number of hydrogen-bond donors (Lipinski definition) is 0. The summed E-state index contributed by atoms with van der Waals surface area (Å²) < 4.78 is 7.67. The van der Waals surface area contributed by atoms with Crippen molar-refractivity contribution in [2.45, 2.75) is 26.4 Å². The molecule has 0 spiro atoms. The van der Waals surface area contributed by atoms with Gasteiger partial charge in [0, 0.05) is 30.5 Å². The molecule has 0 bridgehead atoms. The van der Waals surface area contributed by atoms with Crippen molar-refractivity contribution in [1.29, 1.82) is 0 Å². The van der Waals surface area contributed by atoms with E-state index < -0.39 is 0 Å². The minimum absolute atomic E-state index is 0.0159. The Bertz CT molecular complexity index is 1080. The average molecular weight is 425 g/mol. The Kier molecular flexibility index (Phi) is 5.88. The van der Waals surface area contributed by atoms with Crippen molar-refractivity contribution in [3.63, 3.8) is 0 Å². The van der Waals surface area contributed by atoms with E-state index in [0.29, 0.717) is 25.3 Å². The maximum absolute atomic E-state index is 13.0. The Labute approximate surface area is 181 Å². The molecule has 1 aliphatic heterocycles. The number of pyridine rings is 1. The SMILES string of the molecule is Cc1cc(Cc2ccccc2Cl)cc(C2CN(C(=O)c3cn(C)nc3C)CCO2)n1. The molecule has 1 amide bonds. The van der Waals surface area contributed by atoms with Crippen molar-refractivity contribution < 1.29 is 9.53 Å². The maximum atomic E-state index is 13.0. The van der Waals surface area contributed by atoms with Crippen LogP contribution in [0.25, 0.3) is 0 Å². The van der Waals surface area contributed by atoms with E-state index >= 15 is 0 Å². The number of aryl methyl sites for hydroxylation is 3. The maximum Gasteiger partial charge on any atom is 0.257 e. The van der Waals surface area contributed by atoms with Crippen LogP contribution in [-0.4, -0.2) is 45.3 Å². The lowest BCUT2D eigenvalue weighted by Gasteiger charge is -2.33. The summed E-state index contributed by atoms with van der Waals surface area (Å²) in [5.41, 5.74) is 5.34. The van der Waals surface area contributed by atoms with E-state index in [1.807, 2.05) is 50.1 Å². The quantitative estimate of drug-likeness (QED) is 0.637. The van der Waals surface area contributed by atoms with Crippen molar-refractivity contribution >= 4 is 17.5 Å². The monoisotopic (exact) mass is 424 g/mol. The first kappa shape index (κ1) is 20.6. The predicted molar refractivity (Wildman–Crippen MR) is 116 cm³/mol. The number of hydrogen-bond acceptors (Lipinski definition) is 4. The number of aromatic nitrogens is 3. The van der Waals surface area contributed by atoms with Crippen LogP contribution in [0.3, 0.4) is 0 Å². The normalized spacial score (nSPS) is 16.7. The van der Waals surface area contributed by atoms with E-state index in [4.69, 9.17) is 21.3 Å². The van der Waals surface area contributed by atoms with Gasteiger partial charge >= 0.3 is 0 Å². The molecule has 7 heteroatoms. The molecular formula is C23H25ClN4O2. The van der Waals surface area contributed by atoms with Crippen LogP contribution in [0.5, 0.6) is 0 Å². The fraction of sp³-hybridized carbons (Fsp3) is 0.348. The number of rotatable bonds is 4. The van der Waals surface area contributed by atoms with E-state index in [9.17, 15) is 4.79 Å². The second-order valence-electron chi connectivity index (χ2n) is 7.72. The van der Waals surface area contributed by atoms with Gasteiger partial charge in [0.05, 0.1) is 30.1 Å². The summed E-state index contributed by atoms with van der Waals surface area (Å²) in [7, 11) is 1.82. The van der Waals surface area contributed by atoms with Crippen LogP contribution in [0.2, 0.25) is 5.02 Å². The number of benzene rings is 1. The van der Waals surface area contributed by atoms with Gasteiger partial charge in [-0.25, -0.2) is 0 Å².